The Kier molecular flexibility index (Phi) is 3.16. The van der Waals surface area contributed by atoms with Gasteiger partial charge in [0.15, 0.2) is 0 Å². The fraction of sp³-hybridized carbons (Fsp3) is 1.00. The van der Waals surface area contributed by atoms with Crippen molar-refractivity contribution in [3.8, 4) is 0 Å². The molecule has 0 bridgehead atoms. The van der Waals surface area contributed by atoms with Crippen LogP contribution in [-0.4, -0.2) is 25.3 Å². The molecular weight excluding hydrogens is 126 g/mol. The standard InChI is InChI=1S/C8H17NO/c1-3-5-9-7(4-2)8-6-10-8/h7-9H,3-6H2,1-2H3. The van der Waals surface area contributed by atoms with Crippen LogP contribution in [0, 0.1) is 0 Å². The van der Waals surface area contributed by atoms with Gasteiger partial charge in [0.1, 0.15) is 0 Å². The molecule has 0 radical (unpaired) electrons. The zero-order chi connectivity index (χ0) is 7.40. The van der Waals surface area contributed by atoms with Crippen LogP contribution in [0.3, 0.4) is 0 Å². The van der Waals surface area contributed by atoms with Gasteiger partial charge in [-0.25, -0.2) is 0 Å². The molecule has 0 spiro atoms. The minimum Gasteiger partial charge on any atom is -0.371 e. The lowest BCUT2D eigenvalue weighted by molar-refractivity contribution is 0.335. The number of hydrogen-bond donors (Lipinski definition) is 1. The van der Waals surface area contributed by atoms with E-state index in [2.05, 4.69) is 19.2 Å². The first-order chi connectivity index (χ1) is 4.88. The van der Waals surface area contributed by atoms with E-state index in [1.54, 1.807) is 0 Å². The first kappa shape index (κ1) is 8.02. The summed E-state index contributed by atoms with van der Waals surface area (Å²) in [5.41, 5.74) is 0. The number of ether oxygens (including phenoxy) is 1. The third kappa shape index (κ3) is 2.27. The van der Waals surface area contributed by atoms with Gasteiger partial charge < -0.3 is 10.1 Å². The summed E-state index contributed by atoms with van der Waals surface area (Å²) in [6, 6.07) is 0.611. The lowest BCUT2D eigenvalue weighted by Gasteiger charge is -2.12. The molecule has 2 atom stereocenters. The Morgan fingerprint density at radius 2 is 2.30 bits per heavy atom. The van der Waals surface area contributed by atoms with E-state index >= 15 is 0 Å². The molecule has 1 rings (SSSR count). The Hall–Kier alpha value is -0.0800. The van der Waals surface area contributed by atoms with Crippen molar-refractivity contribution in [2.45, 2.75) is 38.8 Å². The summed E-state index contributed by atoms with van der Waals surface area (Å²) in [4.78, 5) is 0. The van der Waals surface area contributed by atoms with Gasteiger partial charge in [0, 0.05) is 6.04 Å². The van der Waals surface area contributed by atoms with E-state index in [-0.39, 0.29) is 0 Å². The van der Waals surface area contributed by atoms with Crippen molar-refractivity contribution in [1.29, 1.82) is 0 Å². The molecule has 1 aliphatic rings. The summed E-state index contributed by atoms with van der Waals surface area (Å²) in [6.45, 7) is 6.48. The van der Waals surface area contributed by atoms with Crippen LogP contribution in [0.25, 0.3) is 0 Å². The monoisotopic (exact) mass is 143 g/mol. The van der Waals surface area contributed by atoms with Crippen LogP contribution in [0.1, 0.15) is 26.7 Å². The van der Waals surface area contributed by atoms with E-state index in [9.17, 15) is 0 Å². The fourth-order valence-corrected chi connectivity index (χ4v) is 1.16. The summed E-state index contributed by atoms with van der Waals surface area (Å²) in [7, 11) is 0. The van der Waals surface area contributed by atoms with Crippen LogP contribution >= 0.6 is 0 Å². The summed E-state index contributed by atoms with van der Waals surface area (Å²) in [6.07, 6.45) is 2.92. The van der Waals surface area contributed by atoms with E-state index in [1.165, 1.54) is 12.8 Å². The molecule has 0 aliphatic carbocycles. The maximum absolute atomic E-state index is 5.20. The van der Waals surface area contributed by atoms with Gasteiger partial charge in [0.05, 0.1) is 12.7 Å². The van der Waals surface area contributed by atoms with Gasteiger partial charge in [-0.2, -0.15) is 0 Å². The fourth-order valence-electron chi connectivity index (χ4n) is 1.16. The van der Waals surface area contributed by atoms with Gasteiger partial charge in [-0.15, -0.1) is 0 Å². The Morgan fingerprint density at radius 1 is 1.60 bits per heavy atom. The zero-order valence-electron chi connectivity index (χ0n) is 6.89. The van der Waals surface area contributed by atoms with Gasteiger partial charge in [-0.3, -0.25) is 0 Å². The Balaban J connectivity index is 2.07. The smallest absolute Gasteiger partial charge is 0.0962 e. The molecule has 1 saturated heterocycles. The molecule has 0 aromatic rings. The van der Waals surface area contributed by atoms with Crippen LogP contribution in [0.5, 0.6) is 0 Å². The van der Waals surface area contributed by atoms with Gasteiger partial charge in [0.2, 0.25) is 0 Å². The van der Waals surface area contributed by atoms with E-state index < -0.39 is 0 Å². The molecule has 0 saturated carbocycles. The number of epoxide rings is 1. The average molecular weight is 143 g/mol. The van der Waals surface area contributed by atoms with Gasteiger partial charge >= 0.3 is 0 Å². The third-order valence-electron chi connectivity index (χ3n) is 1.90. The molecule has 1 aliphatic heterocycles. The molecule has 2 unspecified atom stereocenters. The molecule has 0 aromatic carbocycles. The van der Waals surface area contributed by atoms with Gasteiger partial charge in [-0.1, -0.05) is 13.8 Å². The summed E-state index contributed by atoms with van der Waals surface area (Å²) >= 11 is 0. The molecule has 1 heterocycles. The van der Waals surface area contributed by atoms with E-state index in [0.29, 0.717) is 12.1 Å². The molecule has 10 heavy (non-hydrogen) atoms. The first-order valence-electron chi connectivity index (χ1n) is 4.23. The largest absolute Gasteiger partial charge is 0.371 e. The highest BCUT2D eigenvalue weighted by Gasteiger charge is 2.30. The van der Waals surface area contributed by atoms with Crippen molar-refractivity contribution < 1.29 is 4.74 Å². The van der Waals surface area contributed by atoms with Crippen LogP contribution in [-0.2, 0) is 4.74 Å². The lowest BCUT2D eigenvalue weighted by Crippen LogP contribution is -2.33. The maximum atomic E-state index is 5.20. The van der Waals surface area contributed by atoms with E-state index in [4.69, 9.17) is 4.74 Å². The minimum atomic E-state index is 0.525. The normalized spacial score (nSPS) is 26.4. The predicted octanol–water partition coefficient (Wildman–Crippen LogP) is 1.16. The number of rotatable bonds is 5. The number of nitrogens with one attached hydrogen (secondary N) is 1. The first-order valence-corrected chi connectivity index (χ1v) is 4.23. The molecule has 1 fully saturated rings. The maximum Gasteiger partial charge on any atom is 0.0962 e. The molecule has 0 amide bonds. The SMILES string of the molecule is CCCNC(CC)C1CO1. The van der Waals surface area contributed by atoms with E-state index in [1.807, 2.05) is 0 Å². The molecular formula is C8H17NO. The topological polar surface area (TPSA) is 24.6 Å². The molecule has 0 aromatic heterocycles. The highest BCUT2D eigenvalue weighted by molar-refractivity contribution is 4.83. The summed E-state index contributed by atoms with van der Waals surface area (Å²) < 4.78 is 5.20. The van der Waals surface area contributed by atoms with Gasteiger partial charge in [-0.05, 0) is 19.4 Å². The van der Waals surface area contributed by atoms with Crippen LogP contribution in [0.2, 0.25) is 0 Å². The average Bonchev–Trinajstić information content (AvgIpc) is 2.73. The van der Waals surface area contributed by atoms with Crippen LogP contribution in [0.15, 0.2) is 0 Å². The summed E-state index contributed by atoms with van der Waals surface area (Å²) in [5, 5.41) is 3.46. The highest BCUT2D eigenvalue weighted by atomic mass is 16.6. The lowest BCUT2D eigenvalue weighted by atomic mass is 10.1. The van der Waals surface area contributed by atoms with Crippen molar-refractivity contribution in [2.24, 2.45) is 0 Å². The second-order valence-corrected chi connectivity index (χ2v) is 2.84. The second-order valence-electron chi connectivity index (χ2n) is 2.84. The molecule has 60 valence electrons. The zero-order valence-corrected chi connectivity index (χ0v) is 6.89. The van der Waals surface area contributed by atoms with Gasteiger partial charge in [0.25, 0.3) is 0 Å². The Bertz CT molecular complexity index is 91.3. The summed E-state index contributed by atoms with van der Waals surface area (Å²) in [5.74, 6) is 0. The molecule has 2 nitrogen and oxygen atoms in total. The predicted molar refractivity (Wildman–Crippen MR) is 42.1 cm³/mol. The minimum absolute atomic E-state index is 0.525. The number of hydrogen-bond acceptors (Lipinski definition) is 2. The Morgan fingerprint density at radius 3 is 2.70 bits per heavy atom. The quantitative estimate of drug-likeness (QED) is 0.584. The van der Waals surface area contributed by atoms with Crippen molar-refractivity contribution in [3.63, 3.8) is 0 Å². The highest BCUT2D eigenvalue weighted by Crippen LogP contribution is 2.15. The van der Waals surface area contributed by atoms with Crippen molar-refractivity contribution >= 4 is 0 Å². The third-order valence-corrected chi connectivity index (χ3v) is 1.90. The second kappa shape index (κ2) is 3.94. The van der Waals surface area contributed by atoms with Crippen LogP contribution < -0.4 is 5.32 Å². The van der Waals surface area contributed by atoms with Crippen LogP contribution in [0.4, 0.5) is 0 Å². The van der Waals surface area contributed by atoms with Crippen molar-refractivity contribution in [1.82, 2.24) is 5.32 Å². The van der Waals surface area contributed by atoms with Crippen molar-refractivity contribution in [3.05, 3.63) is 0 Å². The van der Waals surface area contributed by atoms with Crippen molar-refractivity contribution in [2.75, 3.05) is 13.2 Å². The Labute approximate surface area is 63.0 Å². The molecule has 2 heteroatoms. The molecule has 1 N–H and O–H groups in total. The van der Waals surface area contributed by atoms with E-state index in [0.717, 1.165) is 13.2 Å².